The molecule has 1 amide bonds. The average Bonchev–Trinajstić information content (AvgIpc) is 2.93. The van der Waals surface area contributed by atoms with Gasteiger partial charge in [0.15, 0.2) is 11.4 Å². The molecule has 0 radical (unpaired) electrons. The van der Waals surface area contributed by atoms with Gasteiger partial charge in [0, 0.05) is 23.4 Å². The Hall–Kier alpha value is -2.63. The topological polar surface area (TPSA) is 74.5 Å². The van der Waals surface area contributed by atoms with E-state index >= 15 is 0 Å². The number of Topliss-reactive ketones (excluding diaryl/α,β-unsaturated/α-hetero) is 1. The van der Waals surface area contributed by atoms with Gasteiger partial charge in [0.05, 0.1) is 17.9 Å². The lowest BCUT2D eigenvalue weighted by Crippen LogP contribution is -2.41. The molecule has 0 fully saturated rings. The van der Waals surface area contributed by atoms with Gasteiger partial charge in [-0.1, -0.05) is 39.0 Å². The van der Waals surface area contributed by atoms with Crippen molar-refractivity contribution in [3.05, 3.63) is 29.8 Å². The van der Waals surface area contributed by atoms with E-state index in [9.17, 15) is 9.59 Å². The number of nitrogens with zero attached hydrogens (tertiary/aromatic N) is 4. The predicted molar refractivity (Wildman–Crippen MR) is 100 cm³/mol. The van der Waals surface area contributed by atoms with Crippen molar-refractivity contribution in [3.63, 3.8) is 0 Å². The number of ketones is 1. The number of anilines is 1. The van der Waals surface area contributed by atoms with Crippen LogP contribution in [-0.2, 0) is 9.59 Å². The van der Waals surface area contributed by atoms with Gasteiger partial charge in [0.2, 0.25) is 5.91 Å². The molecule has 0 saturated carbocycles. The summed E-state index contributed by atoms with van der Waals surface area (Å²) >= 11 is 0. The van der Waals surface area contributed by atoms with Gasteiger partial charge in [-0.3, -0.25) is 24.6 Å². The van der Waals surface area contributed by atoms with Crippen LogP contribution < -0.4 is 4.90 Å². The first kappa shape index (κ1) is 17.2. The van der Waals surface area contributed by atoms with E-state index in [-0.39, 0.29) is 24.8 Å². The zero-order valence-corrected chi connectivity index (χ0v) is 15.0. The van der Waals surface area contributed by atoms with Crippen LogP contribution in [0.5, 0.6) is 0 Å². The number of hydrogen-bond donors (Lipinski definition) is 0. The molecule has 2 heterocycles. The molecule has 3 rings (SSSR count). The van der Waals surface area contributed by atoms with Crippen LogP contribution in [0.1, 0.15) is 33.3 Å². The van der Waals surface area contributed by atoms with Gasteiger partial charge in [-0.05, 0) is 13.0 Å². The summed E-state index contributed by atoms with van der Waals surface area (Å²) in [6, 6.07) is 7.48. The van der Waals surface area contributed by atoms with Crippen LogP contribution in [0.25, 0.3) is 0 Å². The zero-order chi connectivity index (χ0) is 18.2. The molecule has 1 aromatic rings. The summed E-state index contributed by atoms with van der Waals surface area (Å²) in [4.78, 5) is 40.1. The summed E-state index contributed by atoms with van der Waals surface area (Å²) in [5, 5.41) is 0. The standard InChI is InChI=1S/C19H22N4O2/c1-18(2,3)15(24)12-23-14-8-6-5-7-13(14)17(20-11-16(23)25)19(4)21-9-10-22-19/h5-10H,11-12H2,1-4H3. The largest absolute Gasteiger partial charge is 0.303 e. The molecule has 0 atom stereocenters. The Morgan fingerprint density at radius 1 is 1.20 bits per heavy atom. The first-order valence-electron chi connectivity index (χ1n) is 8.29. The molecule has 6 nitrogen and oxygen atoms in total. The number of hydrogen-bond acceptors (Lipinski definition) is 5. The average molecular weight is 338 g/mol. The van der Waals surface area contributed by atoms with Crippen molar-refractivity contribution in [2.24, 2.45) is 20.4 Å². The van der Waals surface area contributed by atoms with E-state index in [4.69, 9.17) is 0 Å². The van der Waals surface area contributed by atoms with Crippen molar-refractivity contribution in [2.75, 3.05) is 18.0 Å². The number of aliphatic imine (C=N–C) groups is 3. The van der Waals surface area contributed by atoms with Crippen molar-refractivity contribution in [1.82, 2.24) is 0 Å². The van der Waals surface area contributed by atoms with E-state index in [1.54, 1.807) is 12.4 Å². The molecule has 0 N–H and O–H groups in total. The number of benzene rings is 1. The van der Waals surface area contributed by atoms with Gasteiger partial charge in [-0.25, -0.2) is 0 Å². The van der Waals surface area contributed by atoms with E-state index in [0.29, 0.717) is 11.4 Å². The summed E-state index contributed by atoms with van der Waals surface area (Å²) in [5.41, 5.74) is 0.762. The Labute approximate surface area is 147 Å². The Morgan fingerprint density at radius 2 is 1.84 bits per heavy atom. The molecule has 0 bridgehead atoms. The number of carbonyl (C=O) groups is 2. The SMILES string of the molecule is CC(C)(C)C(=O)CN1C(=O)CN=C(C2(C)N=CC=N2)c2ccccc21. The fraction of sp³-hybridized carbons (Fsp3) is 0.421. The second kappa shape index (κ2) is 6.02. The van der Waals surface area contributed by atoms with Crippen LogP contribution >= 0.6 is 0 Å². The molecule has 0 saturated heterocycles. The summed E-state index contributed by atoms with van der Waals surface area (Å²) in [5.74, 6) is -0.197. The highest BCUT2D eigenvalue weighted by Crippen LogP contribution is 2.31. The maximum Gasteiger partial charge on any atom is 0.249 e. The van der Waals surface area contributed by atoms with Crippen LogP contribution in [0.15, 0.2) is 39.2 Å². The Bertz CT molecular complexity index is 803. The highest BCUT2D eigenvalue weighted by molar-refractivity contribution is 6.23. The second-order valence-corrected chi connectivity index (χ2v) is 7.41. The smallest absolute Gasteiger partial charge is 0.249 e. The lowest BCUT2D eigenvalue weighted by molar-refractivity contribution is -0.127. The third-order valence-electron chi connectivity index (χ3n) is 4.43. The Morgan fingerprint density at radius 3 is 2.48 bits per heavy atom. The molecule has 2 aliphatic rings. The summed E-state index contributed by atoms with van der Waals surface area (Å²) in [6.07, 6.45) is 3.28. The lowest BCUT2D eigenvalue weighted by Gasteiger charge is -2.27. The first-order valence-corrected chi connectivity index (χ1v) is 8.29. The molecule has 0 aliphatic carbocycles. The molecular weight excluding hydrogens is 316 g/mol. The normalized spacial score (nSPS) is 18.8. The van der Waals surface area contributed by atoms with Gasteiger partial charge in [-0.2, -0.15) is 0 Å². The van der Waals surface area contributed by atoms with Gasteiger partial charge >= 0.3 is 0 Å². The number of benzodiazepines with no additional fused rings is 1. The minimum Gasteiger partial charge on any atom is -0.303 e. The minimum absolute atomic E-state index is 0.00206. The van der Waals surface area contributed by atoms with Gasteiger partial charge in [-0.15, -0.1) is 0 Å². The maximum atomic E-state index is 12.7. The van der Waals surface area contributed by atoms with Crippen LogP contribution in [0.2, 0.25) is 0 Å². The summed E-state index contributed by atoms with van der Waals surface area (Å²) in [7, 11) is 0. The monoisotopic (exact) mass is 338 g/mol. The highest BCUT2D eigenvalue weighted by atomic mass is 16.2. The zero-order valence-electron chi connectivity index (χ0n) is 15.0. The third-order valence-corrected chi connectivity index (χ3v) is 4.43. The molecule has 0 unspecified atom stereocenters. The van der Waals surface area contributed by atoms with Crippen molar-refractivity contribution < 1.29 is 9.59 Å². The van der Waals surface area contributed by atoms with Gasteiger partial charge in [0.1, 0.15) is 6.54 Å². The summed E-state index contributed by atoms with van der Waals surface area (Å²) < 4.78 is 0. The van der Waals surface area contributed by atoms with Crippen LogP contribution in [0.4, 0.5) is 5.69 Å². The van der Waals surface area contributed by atoms with Crippen molar-refractivity contribution in [1.29, 1.82) is 0 Å². The molecule has 1 aromatic carbocycles. The van der Waals surface area contributed by atoms with Gasteiger partial charge in [0.25, 0.3) is 0 Å². The fourth-order valence-electron chi connectivity index (χ4n) is 2.83. The van der Waals surface area contributed by atoms with Crippen molar-refractivity contribution in [3.8, 4) is 0 Å². The van der Waals surface area contributed by atoms with Crippen LogP contribution in [0, 0.1) is 5.41 Å². The summed E-state index contributed by atoms with van der Waals surface area (Å²) in [6.45, 7) is 7.44. The van der Waals surface area contributed by atoms with E-state index in [0.717, 1.165) is 5.56 Å². The van der Waals surface area contributed by atoms with E-state index < -0.39 is 11.1 Å². The van der Waals surface area contributed by atoms with E-state index in [1.807, 2.05) is 52.0 Å². The lowest BCUT2D eigenvalue weighted by atomic mass is 9.90. The molecule has 130 valence electrons. The van der Waals surface area contributed by atoms with Crippen molar-refractivity contribution >= 4 is 35.5 Å². The number of carbonyl (C=O) groups excluding carboxylic acids is 2. The predicted octanol–water partition coefficient (Wildman–Crippen LogP) is 2.31. The van der Waals surface area contributed by atoms with E-state index in [1.165, 1.54) is 4.90 Å². The van der Waals surface area contributed by atoms with E-state index in [2.05, 4.69) is 15.0 Å². The third kappa shape index (κ3) is 3.16. The quantitative estimate of drug-likeness (QED) is 0.848. The minimum atomic E-state index is -0.833. The highest BCUT2D eigenvalue weighted by Gasteiger charge is 2.37. The number of rotatable bonds is 3. The molecule has 0 aromatic heterocycles. The number of fused-ring (bicyclic) bond motifs is 1. The first-order chi connectivity index (χ1) is 11.7. The second-order valence-electron chi connectivity index (χ2n) is 7.41. The Kier molecular flexibility index (Phi) is 4.14. The molecule has 0 spiro atoms. The van der Waals surface area contributed by atoms with Crippen LogP contribution in [-0.4, -0.2) is 48.6 Å². The molecule has 25 heavy (non-hydrogen) atoms. The fourth-order valence-corrected chi connectivity index (χ4v) is 2.83. The van der Waals surface area contributed by atoms with Crippen molar-refractivity contribution in [2.45, 2.75) is 33.4 Å². The molecule has 2 aliphatic heterocycles. The number of para-hydroxylation sites is 1. The van der Waals surface area contributed by atoms with Crippen LogP contribution in [0.3, 0.4) is 0 Å². The van der Waals surface area contributed by atoms with Gasteiger partial charge < -0.3 is 4.90 Å². The number of amides is 1. The molecular formula is C19H22N4O2. The maximum absolute atomic E-state index is 12.7. The molecule has 6 heteroatoms. The Balaban J connectivity index is 2.06.